The van der Waals surface area contributed by atoms with Crippen LogP contribution >= 0.6 is 23.1 Å². The molecular weight excluding hydrogens is 414 g/mol. The Balaban J connectivity index is 1.29. The maximum Gasteiger partial charge on any atom is 0.277 e. The fourth-order valence-electron chi connectivity index (χ4n) is 2.80. The number of nitrogens with zero attached hydrogens (tertiary/aromatic N) is 5. The molecule has 9 nitrogen and oxygen atoms in total. The highest BCUT2D eigenvalue weighted by molar-refractivity contribution is 7.98. The predicted molar refractivity (Wildman–Crippen MR) is 106 cm³/mol. The van der Waals surface area contributed by atoms with Crippen molar-refractivity contribution < 1.29 is 13.9 Å². The van der Waals surface area contributed by atoms with Crippen LogP contribution in [0.2, 0.25) is 0 Å². The van der Waals surface area contributed by atoms with Gasteiger partial charge < -0.3 is 13.9 Å². The number of rotatable bonds is 5. The van der Waals surface area contributed by atoms with Gasteiger partial charge in [0.2, 0.25) is 11.1 Å². The Morgan fingerprint density at radius 3 is 3.00 bits per heavy atom. The molecular formula is C18H15N5O4S2. The summed E-state index contributed by atoms with van der Waals surface area (Å²) in [5, 5.41) is 13.6. The molecule has 5 rings (SSSR count). The highest BCUT2D eigenvalue weighted by Gasteiger charge is 2.27. The molecule has 1 atom stereocenters. The average molecular weight is 429 g/mol. The van der Waals surface area contributed by atoms with Crippen molar-refractivity contribution >= 4 is 28.1 Å². The second-order valence-electron chi connectivity index (χ2n) is 6.19. The van der Waals surface area contributed by atoms with Crippen LogP contribution in [0, 0.1) is 0 Å². The SMILES string of the molecule is CCc1nn2c(=O)cc(CSc3nnc([C@@H]4COc5ccccc5O4)o3)nc2s1. The van der Waals surface area contributed by atoms with Crippen LogP contribution in [0.5, 0.6) is 11.5 Å². The Bertz CT molecular complexity index is 1230. The van der Waals surface area contributed by atoms with E-state index in [0.717, 1.165) is 11.4 Å². The van der Waals surface area contributed by atoms with Crippen molar-refractivity contribution in [2.24, 2.45) is 0 Å². The van der Waals surface area contributed by atoms with E-state index in [1.807, 2.05) is 31.2 Å². The molecule has 0 aliphatic carbocycles. The Morgan fingerprint density at radius 1 is 1.28 bits per heavy atom. The van der Waals surface area contributed by atoms with E-state index in [2.05, 4.69) is 20.3 Å². The van der Waals surface area contributed by atoms with Gasteiger partial charge in [-0.15, -0.1) is 10.2 Å². The summed E-state index contributed by atoms with van der Waals surface area (Å²) in [5.41, 5.74) is 0.441. The van der Waals surface area contributed by atoms with E-state index in [1.54, 1.807) is 0 Å². The normalized spacial score (nSPS) is 15.7. The highest BCUT2D eigenvalue weighted by atomic mass is 32.2. The van der Waals surface area contributed by atoms with E-state index in [-0.39, 0.29) is 5.56 Å². The summed E-state index contributed by atoms with van der Waals surface area (Å²) in [6, 6.07) is 8.91. The zero-order valence-corrected chi connectivity index (χ0v) is 16.9. The second-order valence-corrected chi connectivity index (χ2v) is 8.16. The topological polar surface area (TPSA) is 105 Å². The molecule has 0 amide bonds. The lowest BCUT2D eigenvalue weighted by molar-refractivity contribution is 0.0686. The minimum absolute atomic E-state index is 0.195. The molecule has 4 heterocycles. The lowest BCUT2D eigenvalue weighted by Gasteiger charge is -2.23. The van der Waals surface area contributed by atoms with Crippen molar-refractivity contribution in [2.45, 2.75) is 30.4 Å². The highest BCUT2D eigenvalue weighted by Crippen LogP contribution is 2.36. The summed E-state index contributed by atoms with van der Waals surface area (Å²) in [6.45, 7) is 2.29. The third kappa shape index (κ3) is 3.58. The fraction of sp³-hybridized carbons (Fsp3) is 0.278. The summed E-state index contributed by atoms with van der Waals surface area (Å²) in [7, 11) is 0. The molecule has 1 aliphatic rings. The molecule has 1 aliphatic heterocycles. The number of fused-ring (bicyclic) bond motifs is 2. The fourth-order valence-corrected chi connectivity index (χ4v) is 4.32. The summed E-state index contributed by atoms with van der Waals surface area (Å²) in [4.78, 5) is 17.3. The number of aromatic nitrogens is 5. The van der Waals surface area contributed by atoms with E-state index < -0.39 is 6.10 Å². The number of benzene rings is 1. The van der Waals surface area contributed by atoms with Crippen LogP contribution in [-0.4, -0.2) is 31.4 Å². The molecule has 0 radical (unpaired) electrons. The Kier molecular flexibility index (Phi) is 4.68. The maximum absolute atomic E-state index is 12.2. The standard InChI is InChI=1S/C18H15N5O4S2/c1-2-14-22-23-15(24)7-10(19-17(23)29-14)9-28-18-21-20-16(27-18)13-8-25-11-5-3-4-6-12(11)26-13/h3-7,13H,2,8-9H2,1H3/t13-/m0/s1. The van der Waals surface area contributed by atoms with E-state index in [1.165, 1.54) is 33.7 Å². The van der Waals surface area contributed by atoms with Gasteiger partial charge in [-0.1, -0.05) is 42.2 Å². The van der Waals surface area contributed by atoms with Gasteiger partial charge in [0.15, 0.2) is 11.5 Å². The number of para-hydroxylation sites is 2. The lowest BCUT2D eigenvalue weighted by Crippen LogP contribution is -2.21. The lowest BCUT2D eigenvalue weighted by atomic mass is 10.2. The summed E-state index contributed by atoms with van der Waals surface area (Å²) >= 11 is 2.72. The second kappa shape index (κ2) is 7.48. The van der Waals surface area contributed by atoms with Crippen molar-refractivity contribution in [2.75, 3.05) is 6.61 Å². The molecule has 11 heteroatoms. The first kappa shape index (κ1) is 18.1. The first-order chi connectivity index (χ1) is 14.2. The average Bonchev–Trinajstić information content (AvgIpc) is 3.39. The number of hydrogen-bond donors (Lipinski definition) is 0. The number of thioether (sulfide) groups is 1. The van der Waals surface area contributed by atoms with Crippen LogP contribution in [-0.2, 0) is 12.2 Å². The van der Waals surface area contributed by atoms with Gasteiger partial charge in [-0.25, -0.2) is 4.98 Å². The van der Waals surface area contributed by atoms with E-state index in [4.69, 9.17) is 13.9 Å². The quantitative estimate of drug-likeness (QED) is 0.443. The van der Waals surface area contributed by atoms with Crippen molar-refractivity contribution in [3.05, 3.63) is 57.3 Å². The number of aryl methyl sites for hydroxylation is 1. The van der Waals surface area contributed by atoms with Crippen LogP contribution in [0.15, 0.2) is 44.8 Å². The van der Waals surface area contributed by atoms with Gasteiger partial charge in [-0.05, 0) is 18.6 Å². The molecule has 0 saturated heterocycles. The third-order valence-electron chi connectivity index (χ3n) is 4.19. The van der Waals surface area contributed by atoms with E-state index >= 15 is 0 Å². The molecule has 0 saturated carbocycles. The van der Waals surface area contributed by atoms with Crippen molar-refractivity contribution in [3.8, 4) is 11.5 Å². The minimum Gasteiger partial charge on any atom is -0.485 e. The van der Waals surface area contributed by atoms with Crippen molar-refractivity contribution in [3.63, 3.8) is 0 Å². The predicted octanol–water partition coefficient (Wildman–Crippen LogP) is 2.90. The first-order valence-electron chi connectivity index (χ1n) is 8.93. The zero-order chi connectivity index (χ0) is 19.8. The van der Waals surface area contributed by atoms with Gasteiger partial charge >= 0.3 is 0 Å². The van der Waals surface area contributed by atoms with Crippen LogP contribution < -0.4 is 15.0 Å². The van der Waals surface area contributed by atoms with Crippen molar-refractivity contribution in [1.29, 1.82) is 0 Å². The van der Waals surface area contributed by atoms with Crippen LogP contribution in [0.4, 0.5) is 0 Å². The van der Waals surface area contributed by atoms with Crippen molar-refractivity contribution in [1.82, 2.24) is 24.8 Å². The molecule has 0 spiro atoms. The number of hydrogen-bond acceptors (Lipinski definition) is 10. The van der Waals surface area contributed by atoms with Gasteiger partial charge in [0.1, 0.15) is 11.6 Å². The number of ether oxygens (including phenoxy) is 2. The van der Waals surface area contributed by atoms with Gasteiger partial charge in [-0.2, -0.15) is 9.61 Å². The van der Waals surface area contributed by atoms with E-state index in [0.29, 0.717) is 45.6 Å². The van der Waals surface area contributed by atoms with Gasteiger partial charge in [0, 0.05) is 11.8 Å². The summed E-state index contributed by atoms with van der Waals surface area (Å²) < 4.78 is 18.6. The molecule has 1 aromatic carbocycles. The molecule has 148 valence electrons. The zero-order valence-electron chi connectivity index (χ0n) is 15.3. The molecule has 4 aromatic rings. The summed E-state index contributed by atoms with van der Waals surface area (Å²) in [6.07, 6.45) is 0.301. The van der Waals surface area contributed by atoms with E-state index in [9.17, 15) is 4.79 Å². The maximum atomic E-state index is 12.2. The Labute approximate surface area is 172 Å². The molecule has 0 fully saturated rings. The molecule has 0 N–H and O–H groups in total. The molecule has 29 heavy (non-hydrogen) atoms. The Morgan fingerprint density at radius 2 is 2.14 bits per heavy atom. The molecule has 0 bridgehead atoms. The largest absolute Gasteiger partial charge is 0.485 e. The summed E-state index contributed by atoms with van der Waals surface area (Å²) in [5.74, 6) is 2.11. The van der Waals surface area contributed by atoms with Gasteiger partial charge in [-0.3, -0.25) is 4.79 Å². The van der Waals surface area contributed by atoms with Crippen LogP contribution in [0.3, 0.4) is 0 Å². The van der Waals surface area contributed by atoms with Gasteiger partial charge in [0.05, 0.1) is 5.69 Å². The Hall–Kier alpha value is -2.92. The molecule has 0 unspecified atom stereocenters. The van der Waals surface area contributed by atoms with Crippen LogP contribution in [0.1, 0.15) is 29.6 Å². The van der Waals surface area contributed by atoms with Crippen LogP contribution in [0.25, 0.3) is 4.96 Å². The minimum atomic E-state index is -0.462. The molecule has 3 aromatic heterocycles. The smallest absolute Gasteiger partial charge is 0.277 e. The first-order valence-corrected chi connectivity index (χ1v) is 10.7. The van der Waals surface area contributed by atoms with Gasteiger partial charge in [0.25, 0.3) is 16.7 Å². The monoisotopic (exact) mass is 429 g/mol. The third-order valence-corrected chi connectivity index (χ3v) is 6.10.